The summed E-state index contributed by atoms with van der Waals surface area (Å²) in [5.41, 5.74) is 1.05. The fourth-order valence-electron chi connectivity index (χ4n) is 4.03. The molecular weight excluding hydrogens is 404 g/mol. The lowest BCUT2D eigenvalue weighted by atomic mass is 9.93. The first-order valence-electron chi connectivity index (χ1n) is 10.1. The molecule has 1 N–H and O–H groups in total. The van der Waals surface area contributed by atoms with Crippen molar-refractivity contribution < 1.29 is 19.4 Å². The zero-order chi connectivity index (χ0) is 21.3. The topological polar surface area (TPSA) is 89.2 Å². The number of esters is 1. The second-order valence-electron chi connectivity index (χ2n) is 7.38. The van der Waals surface area contributed by atoms with Gasteiger partial charge in [0.1, 0.15) is 11.6 Å². The third kappa shape index (κ3) is 3.87. The van der Waals surface area contributed by atoms with E-state index in [0.29, 0.717) is 17.4 Å². The monoisotopic (exact) mass is 430 g/mol. The fraction of sp³-hybridized carbons (Fsp3) is 0.476. The molecule has 0 unspecified atom stereocenters. The summed E-state index contributed by atoms with van der Waals surface area (Å²) >= 11 is 1.44. The number of carbonyl (C=O) groups is 1. The molecule has 3 heterocycles. The number of likely N-dealkylation sites (tertiary alicyclic amines) is 1. The molecule has 1 aliphatic rings. The van der Waals surface area contributed by atoms with Crippen LogP contribution < -0.4 is 4.74 Å². The number of hydrogen-bond acceptors (Lipinski definition) is 8. The maximum atomic E-state index is 11.9. The fourth-order valence-corrected chi connectivity index (χ4v) is 5.19. The van der Waals surface area contributed by atoms with Crippen LogP contribution in [0.25, 0.3) is 4.96 Å². The molecule has 2 aromatic heterocycles. The molecule has 8 nitrogen and oxygen atoms in total. The van der Waals surface area contributed by atoms with Crippen molar-refractivity contribution in [3.05, 3.63) is 40.5 Å². The molecule has 0 bridgehead atoms. The molecule has 0 amide bonds. The standard InChI is InChI=1S/C21H26N4O4S/c1-4-29-16-7-5-14(6-8-16)17(24-11-9-15(10-12-24)20(27)28-3)18-19(26)25-21(30-18)22-13(2)23-25/h5-8,15,17,26H,4,9-12H2,1-3H3/t17-/m0/s1. The van der Waals surface area contributed by atoms with Crippen molar-refractivity contribution in [3.63, 3.8) is 0 Å². The number of nitrogens with zero attached hydrogens (tertiary/aromatic N) is 4. The number of hydrogen-bond donors (Lipinski definition) is 1. The number of ether oxygens (including phenoxy) is 2. The van der Waals surface area contributed by atoms with Crippen LogP contribution >= 0.6 is 11.3 Å². The minimum atomic E-state index is -0.159. The van der Waals surface area contributed by atoms with Gasteiger partial charge < -0.3 is 14.6 Å². The largest absolute Gasteiger partial charge is 0.494 e. The molecule has 0 saturated carbocycles. The Morgan fingerprint density at radius 1 is 1.30 bits per heavy atom. The normalized spacial score (nSPS) is 16.6. The Balaban J connectivity index is 1.68. The lowest BCUT2D eigenvalue weighted by Crippen LogP contribution is -2.39. The number of carbonyl (C=O) groups excluding carboxylic acids is 1. The number of methoxy groups -OCH3 is 1. The van der Waals surface area contributed by atoms with Crippen molar-refractivity contribution in [2.45, 2.75) is 32.7 Å². The van der Waals surface area contributed by atoms with E-state index in [0.717, 1.165) is 42.1 Å². The molecule has 1 aliphatic heterocycles. The van der Waals surface area contributed by atoms with E-state index in [1.165, 1.54) is 23.0 Å². The van der Waals surface area contributed by atoms with Crippen molar-refractivity contribution in [1.82, 2.24) is 19.5 Å². The van der Waals surface area contributed by atoms with E-state index in [9.17, 15) is 9.90 Å². The van der Waals surface area contributed by atoms with Crippen LogP contribution in [0.1, 0.15) is 42.1 Å². The van der Waals surface area contributed by atoms with Crippen molar-refractivity contribution in [2.75, 3.05) is 26.8 Å². The number of aromatic nitrogens is 3. The van der Waals surface area contributed by atoms with Gasteiger partial charge in [-0.25, -0.2) is 4.98 Å². The number of rotatable bonds is 6. The Labute approximate surface area is 179 Å². The summed E-state index contributed by atoms with van der Waals surface area (Å²) in [7, 11) is 1.44. The average molecular weight is 431 g/mol. The van der Waals surface area contributed by atoms with Gasteiger partial charge in [-0.1, -0.05) is 23.5 Å². The molecule has 1 atom stereocenters. The number of aryl methyl sites for hydroxylation is 1. The van der Waals surface area contributed by atoms with Crippen molar-refractivity contribution in [2.24, 2.45) is 5.92 Å². The predicted octanol–water partition coefficient (Wildman–Crippen LogP) is 3.18. The van der Waals surface area contributed by atoms with Gasteiger partial charge in [0.2, 0.25) is 10.8 Å². The van der Waals surface area contributed by atoms with Gasteiger partial charge in [0, 0.05) is 0 Å². The highest BCUT2D eigenvalue weighted by molar-refractivity contribution is 7.17. The Hall–Kier alpha value is -2.65. The van der Waals surface area contributed by atoms with Gasteiger partial charge >= 0.3 is 5.97 Å². The molecule has 160 valence electrons. The van der Waals surface area contributed by atoms with Gasteiger partial charge in [-0.3, -0.25) is 9.69 Å². The zero-order valence-electron chi connectivity index (χ0n) is 17.4. The van der Waals surface area contributed by atoms with Crippen LogP contribution in [0.3, 0.4) is 0 Å². The number of piperidine rings is 1. The van der Waals surface area contributed by atoms with Crippen LogP contribution in [0.4, 0.5) is 0 Å². The summed E-state index contributed by atoms with van der Waals surface area (Å²) in [6.45, 7) is 5.82. The lowest BCUT2D eigenvalue weighted by molar-refractivity contribution is -0.147. The minimum Gasteiger partial charge on any atom is -0.494 e. The Morgan fingerprint density at radius 2 is 2.00 bits per heavy atom. The molecule has 0 spiro atoms. The predicted molar refractivity (Wildman–Crippen MR) is 113 cm³/mol. The van der Waals surface area contributed by atoms with E-state index in [2.05, 4.69) is 15.0 Å². The molecule has 9 heteroatoms. The highest BCUT2D eigenvalue weighted by Gasteiger charge is 2.34. The summed E-state index contributed by atoms with van der Waals surface area (Å²) in [4.78, 5) is 20.1. The maximum absolute atomic E-state index is 11.9. The van der Waals surface area contributed by atoms with E-state index in [1.807, 2.05) is 31.2 Å². The van der Waals surface area contributed by atoms with Crippen LogP contribution in [0.15, 0.2) is 24.3 Å². The van der Waals surface area contributed by atoms with Crippen LogP contribution in [0.2, 0.25) is 0 Å². The van der Waals surface area contributed by atoms with Gasteiger partial charge in [0.15, 0.2) is 0 Å². The average Bonchev–Trinajstić information content (AvgIpc) is 3.27. The van der Waals surface area contributed by atoms with E-state index in [1.54, 1.807) is 6.92 Å². The molecular formula is C21H26N4O4S. The molecule has 0 aliphatic carbocycles. The third-order valence-electron chi connectivity index (χ3n) is 5.49. The Bertz CT molecular complexity index is 1020. The van der Waals surface area contributed by atoms with E-state index in [-0.39, 0.29) is 23.8 Å². The minimum absolute atomic E-state index is 0.0780. The molecule has 0 radical (unpaired) electrons. The number of thiazole rings is 1. The van der Waals surface area contributed by atoms with Gasteiger partial charge in [-0.05, 0) is 57.5 Å². The number of benzene rings is 1. The zero-order valence-corrected chi connectivity index (χ0v) is 18.2. The smallest absolute Gasteiger partial charge is 0.308 e. The van der Waals surface area contributed by atoms with Crippen molar-refractivity contribution >= 4 is 22.3 Å². The number of fused-ring (bicyclic) bond motifs is 1. The highest BCUT2D eigenvalue weighted by atomic mass is 32.1. The number of aromatic hydroxyl groups is 1. The van der Waals surface area contributed by atoms with Gasteiger partial charge in [0.05, 0.1) is 30.6 Å². The van der Waals surface area contributed by atoms with Crippen molar-refractivity contribution in [3.8, 4) is 11.6 Å². The van der Waals surface area contributed by atoms with Gasteiger partial charge in [-0.15, -0.1) is 5.10 Å². The van der Waals surface area contributed by atoms with Crippen LogP contribution in [0.5, 0.6) is 11.6 Å². The first-order chi connectivity index (χ1) is 14.5. The third-order valence-corrected chi connectivity index (χ3v) is 6.56. The van der Waals surface area contributed by atoms with Gasteiger partial charge in [-0.2, -0.15) is 4.52 Å². The van der Waals surface area contributed by atoms with Gasteiger partial charge in [0.25, 0.3) is 0 Å². The van der Waals surface area contributed by atoms with Crippen LogP contribution in [-0.2, 0) is 9.53 Å². The van der Waals surface area contributed by atoms with E-state index < -0.39 is 0 Å². The molecule has 1 fully saturated rings. The summed E-state index contributed by atoms with van der Waals surface area (Å²) < 4.78 is 12.0. The molecule has 1 saturated heterocycles. The molecule has 3 aromatic rings. The van der Waals surface area contributed by atoms with E-state index in [4.69, 9.17) is 9.47 Å². The summed E-state index contributed by atoms with van der Waals surface area (Å²) in [5.74, 6) is 1.33. The van der Waals surface area contributed by atoms with Crippen LogP contribution in [-0.4, -0.2) is 57.4 Å². The lowest BCUT2D eigenvalue weighted by Gasteiger charge is -2.36. The Kier molecular flexibility index (Phi) is 5.92. The second-order valence-corrected chi connectivity index (χ2v) is 8.39. The Morgan fingerprint density at radius 3 is 2.60 bits per heavy atom. The molecule has 4 rings (SSSR count). The first kappa shape index (κ1) is 20.6. The first-order valence-corrected chi connectivity index (χ1v) is 10.9. The van der Waals surface area contributed by atoms with E-state index >= 15 is 0 Å². The van der Waals surface area contributed by atoms with Crippen molar-refractivity contribution in [1.29, 1.82) is 0 Å². The summed E-state index contributed by atoms with van der Waals surface area (Å²) in [5, 5.41) is 15.2. The molecule has 30 heavy (non-hydrogen) atoms. The molecule has 1 aromatic carbocycles. The summed E-state index contributed by atoms with van der Waals surface area (Å²) in [6.07, 6.45) is 1.45. The SMILES string of the molecule is CCOc1ccc([C@@H](c2sc3nc(C)nn3c2O)N2CCC(C(=O)OC)CC2)cc1. The highest BCUT2D eigenvalue weighted by Crippen LogP contribution is 2.41. The van der Waals surface area contributed by atoms with Crippen LogP contribution in [0, 0.1) is 12.8 Å². The maximum Gasteiger partial charge on any atom is 0.308 e. The quantitative estimate of drug-likeness (QED) is 0.601. The summed E-state index contributed by atoms with van der Waals surface area (Å²) in [6, 6.07) is 7.80. The second kappa shape index (κ2) is 8.61.